The van der Waals surface area contributed by atoms with E-state index in [4.69, 9.17) is 0 Å². The van der Waals surface area contributed by atoms with Crippen LogP contribution in [0.4, 0.5) is 0 Å². The summed E-state index contributed by atoms with van der Waals surface area (Å²) in [6.45, 7) is 3.82. The molecule has 0 bridgehead atoms. The van der Waals surface area contributed by atoms with Crippen molar-refractivity contribution >= 4 is 18.5 Å². The average Bonchev–Trinajstić information content (AvgIpc) is 2.46. The van der Waals surface area contributed by atoms with Gasteiger partial charge in [0.1, 0.15) is 0 Å². The van der Waals surface area contributed by atoms with Crippen LogP contribution in [0.2, 0.25) is 0 Å². The van der Waals surface area contributed by atoms with Gasteiger partial charge >= 0.3 is 0 Å². The van der Waals surface area contributed by atoms with E-state index in [0.717, 1.165) is 11.1 Å². The lowest BCUT2D eigenvalue weighted by molar-refractivity contribution is -0.120. The van der Waals surface area contributed by atoms with Gasteiger partial charge in [-0.15, -0.1) is 0 Å². The first kappa shape index (κ1) is 14.7. The molecule has 2 unspecified atom stereocenters. The van der Waals surface area contributed by atoms with Gasteiger partial charge in [-0.25, -0.2) is 0 Å². The molecule has 0 aliphatic heterocycles. The van der Waals surface area contributed by atoms with Crippen molar-refractivity contribution in [2.45, 2.75) is 25.1 Å². The molecule has 1 N–H and O–H groups in total. The van der Waals surface area contributed by atoms with Gasteiger partial charge in [0.15, 0.2) is 0 Å². The molecule has 1 amide bonds. The highest BCUT2D eigenvalue weighted by Gasteiger charge is 2.18. The third-order valence-corrected chi connectivity index (χ3v) is 3.44. The molecule has 0 fully saturated rings. The van der Waals surface area contributed by atoms with Gasteiger partial charge in [-0.2, -0.15) is 12.6 Å². The monoisotopic (exact) mass is 285 g/mol. The van der Waals surface area contributed by atoms with Crippen LogP contribution in [0.5, 0.6) is 0 Å². The molecule has 0 saturated carbocycles. The number of thiol groups is 1. The Bertz CT molecular complexity index is 563. The number of carbonyl (C=O) groups excluding carboxylic acids is 1. The van der Waals surface area contributed by atoms with E-state index in [2.05, 4.69) is 49.1 Å². The summed E-state index contributed by atoms with van der Waals surface area (Å²) in [4.78, 5) is 12.0. The van der Waals surface area contributed by atoms with Crippen LogP contribution in [0.25, 0.3) is 0 Å². The summed E-state index contributed by atoms with van der Waals surface area (Å²) < 4.78 is 0. The van der Waals surface area contributed by atoms with Crippen LogP contribution < -0.4 is 5.32 Å². The van der Waals surface area contributed by atoms with Crippen molar-refractivity contribution in [3.8, 4) is 0 Å². The SMILES string of the molecule is Cc1ccc(C(NC(=O)C(C)S)c2ccccc2)cc1. The van der Waals surface area contributed by atoms with E-state index in [0.29, 0.717) is 0 Å². The van der Waals surface area contributed by atoms with Gasteiger partial charge in [-0.05, 0) is 25.0 Å². The molecule has 2 aromatic carbocycles. The standard InChI is InChI=1S/C17H19NOS/c1-12-8-10-15(11-9-12)16(18-17(19)13(2)20)14-6-4-3-5-7-14/h3-11,13,16,20H,1-2H3,(H,18,19). The molecule has 2 nitrogen and oxygen atoms in total. The molecule has 0 aromatic heterocycles. The number of nitrogens with one attached hydrogen (secondary N) is 1. The van der Waals surface area contributed by atoms with Gasteiger partial charge in [0, 0.05) is 0 Å². The lowest BCUT2D eigenvalue weighted by atomic mass is 9.97. The molecular formula is C17H19NOS. The Morgan fingerprint density at radius 2 is 1.55 bits per heavy atom. The first-order valence-electron chi connectivity index (χ1n) is 6.68. The third-order valence-electron chi connectivity index (χ3n) is 3.21. The highest BCUT2D eigenvalue weighted by atomic mass is 32.1. The largest absolute Gasteiger partial charge is 0.344 e. The van der Waals surface area contributed by atoms with E-state index in [1.807, 2.05) is 30.3 Å². The predicted molar refractivity (Wildman–Crippen MR) is 86.1 cm³/mol. The highest BCUT2D eigenvalue weighted by Crippen LogP contribution is 2.22. The number of benzene rings is 2. The first-order valence-corrected chi connectivity index (χ1v) is 7.19. The molecule has 0 aliphatic rings. The Labute approximate surface area is 125 Å². The van der Waals surface area contributed by atoms with E-state index in [-0.39, 0.29) is 17.2 Å². The molecule has 20 heavy (non-hydrogen) atoms. The van der Waals surface area contributed by atoms with Crippen molar-refractivity contribution in [2.75, 3.05) is 0 Å². The maximum absolute atomic E-state index is 12.0. The summed E-state index contributed by atoms with van der Waals surface area (Å²) in [7, 11) is 0. The van der Waals surface area contributed by atoms with Gasteiger partial charge in [-0.1, -0.05) is 60.2 Å². The van der Waals surface area contributed by atoms with Gasteiger partial charge in [-0.3, -0.25) is 4.79 Å². The maximum atomic E-state index is 12.0. The first-order chi connectivity index (χ1) is 9.58. The van der Waals surface area contributed by atoms with E-state index in [1.165, 1.54) is 5.56 Å². The van der Waals surface area contributed by atoms with Crippen molar-refractivity contribution in [3.63, 3.8) is 0 Å². The van der Waals surface area contributed by atoms with Crippen LogP contribution >= 0.6 is 12.6 Å². The highest BCUT2D eigenvalue weighted by molar-refractivity contribution is 7.81. The van der Waals surface area contributed by atoms with Crippen molar-refractivity contribution in [2.24, 2.45) is 0 Å². The molecule has 0 radical (unpaired) electrons. The summed E-state index contributed by atoms with van der Waals surface area (Å²) in [5, 5.41) is 2.73. The average molecular weight is 285 g/mol. The number of amides is 1. The van der Waals surface area contributed by atoms with E-state index in [1.54, 1.807) is 6.92 Å². The molecule has 0 saturated heterocycles. The second kappa shape index (κ2) is 6.62. The fourth-order valence-corrected chi connectivity index (χ4v) is 2.10. The second-order valence-electron chi connectivity index (χ2n) is 4.94. The summed E-state index contributed by atoms with van der Waals surface area (Å²) in [5.74, 6) is -0.0669. The maximum Gasteiger partial charge on any atom is 0.233 e. The van der Waals surface area contributed by atoms with Crippen LogP contribution in [-0.2, 0) is 4.79 Å². The Morgan fingerprint density at radius 3 is 2.10 bits per heavy atom. The third kappa shape index (κ3) is 3.64. The zero-order valence-electron chi connectivity index (χ0n) is 11.7. The zero-order chi connectivity index (χ0) is 14.5. The van der Waals surface area contributed by atoms with Crippen molar-refractivity contribution in [3.05, 3.63) is 71.3 Å². The Morgan fingerprint density at radius 1 is 1.00 bits per heavy atom. The molecule has 0 aliphatic carbocycles. The zero-order valence-corrected chi connectivity index (χ0v) is 12.6. The van der Waals surface area contributed by atoms with Gasteiger partial charge in [0.2, 0.25) is 5.91 Å². The van der Waals surface area contributed by atoms with E-state index >= 15 is 0 Å². The molecule has 2 atom stereocenters. The molecule has 3 heteroatoms. The topological polar surface area (TPSA) is 29.1 Å². The summed E-state index contributed by atoms with van der Waals surface area (Å²) in [5.41, 5.74) is 3.34. The Kier molecular flexibility index (Phi) is 4.85. The minimum Gasteiger partial charge on any atom is -0.344 e. The summed E-state index contributed by atoms with van der Waals surface area (Å²) in [6, 6.07) is 18.1. The minimum absolute atomic E-state index is 0.0669. The predicted octanol–water partition coefficient (Wildman–Crippen LogP) is 3.52. The van der Waals surface area contributed by atoms with Crippen LogP contribution in [0, 0.1) is 6.92 Å². The molecule has 0 heterocycles. The van der Waals surface area contributed by atoms with Crippen LogP contribution in [-0.4, -0.2) is 11.2 Å². The van der Waals surface area contributed by atoms with Crippen LogP contribution in [0.15, 0.2) is 54.6 Å². The fraction of sp³-hybridized carbons (Fsp3) is 0.235. The molecule has 2 rings (SSSR count). The lowest BCUT2D eigenvalue weighted by Gasteiger charge is -2.21. The summed E-state index contributed by atoms with van der Waals surface area (Å²) in [6.07, 6.45) is 0. The lowest BCUT2D eigenvalue weighted by Crippen LogP contribution is -2.34. The van der Waals surface area contributed by atoms with E-state index < -0.39 is 0 Å². The van der Waals surface area contributed by atoms with Crippen molar-refractivity contribution in [1.29, 1.82) is 0 Å². The quantitative estimate of drug-likeness (QED) is 0.827. The van der Waals surface area contributed by atoms with E-state index in [9.17, 15) is 4.79 Å². The van der Waals surface area contributed by atoms with Gasteiger partial charge in [0.25, 0.3) is 0 Å². The number of rotatable bonds is 4. The Hall–Kier alpha value is -1.74. The normalized spacial score (nSPS) is 13.6. The molecule has 104 valence electrons. The van der Waals surface area contributed by atoms with Crippen LogP contribution in [0.1, 0.15) is 29.7 Å². The van der Waals surface area contributed by atoms with Gasteiger partial charge in [0.05, 0.1) is 11.3 Å². The number of hydrogen-bond donors (Lipinski definition) is 2. The fourth-order valence-electron chi connectivity index (χ4n) is 2.03. The van der Waals surface area contributed by atoms with Crippen LogP contribution in [0.3, 0.4) is 0 Å². The molecule has 2 aromatic rings. The number of aryl methyl sites for hydroxylation is 1. The Balaban J connectivity index is 2.34. The smallest absolute Gasteiger partial charge is 0.233 e. The molecule has 0 spiro atoms. The van der Waals surface area contributed by atoms with Crippen molar-refractivity contribution in [1.82, 2.24) is 5.32 Å². The second-order valence-corrected chi connectivity index (χ2v) is 5.71. The summed E-state index contributed by atoms with van der Waals surface area (Å²) >= 11 is 4.20. The molecular weight excluding hydrogens is 266 g/mol. The number of carbonyl (C=O) groups is 1. The number of hydrogen-bond acceptors (Lipinski definition) is 2. The van der Waals surface area contributed by atoms with Gasteiger partial charge < -0.3 is 5.32 Å². The minimum atomic E-state index is -0.327. The van der Waals surface area contributed by atoms with Crippen molar-refractivity contribution < 1.29 is 4.79 Å².